The van der Waals surface area contributed by atoms with Crippen molar-refractivity contribution < 1.29 is 39.1 Å². The number of benzene rings is 4. The first kappa shape index (κ1) is 35.1. The number of quaternary nitrogens is 2. The molecule has 3 N–H and O–H groups in total. The van der Waals surface area contributed by atoms with E-state index in [1.807, 2.05) is 18.2 Å². The summed E-state index contributed by atoms with van der Waals surface area (Å²) in [6.07, 6.45) is 15.1. The van der Waals surface area contributed by atoms with E-state index >= 15 is 0 Å². The molecule has 0 saturated heterocycles. The minimum Gasteiger partial charge on any atom is -0.508 e. The molecule has 0 aromatic heterocycles. The minimum absolute atomic E-state index is 0.278. The number of allylic oxidation sites excluding steroid dienone is 9. The van der Waals surface area contributed by atoms with Crippen molar-refractivity contribution in [3.05, 3.63) is 126 Å². The van der Waals surface area contributed by atoms with Crippen molar-refractivity contribution in [2.75, 3.05) is 27.2 Å². The molecule has 9 heteroatoms. The van der Waals surface area contributed by atoms with Crippen molar-refractivity contribution in [1.82, 2.24) is 8.97 Å². The molecule has 48 heavy (non-hydrogen) atoms. The first-order valence-corrected chi connectivity index (χ1v) is 17.2. The summed E-state index contributed by atoms with van der Waals surface area (Å²) in [5.74, 6) is 0.885. The molecule has 1 unspecified atom stereocenters. The molecule has 0 radical (unpaired) electrons. The van der Waals surface area contributed by atoms with Gasteiger partial charge in [0, 0.05) is 23.3 Å². The Kier molecular flexibility index (Phi) is 9.74. The van der Waals surface area contributed by atoms with Crippen LogP contribution in [0.1, 0.15) is 44.7 Å². The number of phenolic OH excluding ortho intramolecular Hbond substituents is 2. The molecule has 4 aromatic rings. The van der Waals surface area contributed by atoms with Crippen LogP contribution in [-0.4, -0.2) is 42.1 Å². The molecular formula is C39H43ClN2O6+2. The van der Waals surface area contributed by atoms with Crippen LogP contribution in [-0.2, 0) is 0 Å². The standard InChI is InChI=1S/C39H40N2O2.ClHO4/c1-7-41(8-2)35(27(4)39-33-21-19-31(43)25-29(33)17-23-37(39)41)15-13-11-9-10-12-14-34-26(3)38-32-20-18-30(42)24-28(32)16-22-36(38)40(34,5)6;2-1(3,4)5/h9-26H,7-8H2,1-6H3;(H,2,3,4,5)/p+2. The van der Waals surface area contributed by atoms with Gasteiger partial charge in [-0.25, -0.2) is 0 Å². The van der Waals surface area contributed by atoms with Crippen LogP contribution >= 0.6 is 0 Å². The van der Waals surface area contributed by atoms with Gasteiger partial charge >= 0.3 is 0 Å². The summed E-state index contributed by atoms with van der Waals surface area (Å²) in [6, 6.07) is 20.1. The zero-order valence-electron chi connectivity index (χ0n) is 28.1. The highest BCUT2D eigenvalue weighted by atomic mass is 35.7. The molecule has 4 aromatic carbocycles. The zero-order chi connectivity index (χ0) is 35.0. The van der Waals surface area contributed by atoms with Crippen molar-refractivity contribution in [3.63, 3.8) is 0 Å². The lowest BCUT2D eigenvalue weighted by Crippen LogP contribution is -2.58. The largest absolute Gasteiger partial charge is 0.508 e. The van der Waals surface area contributed by atoms with Gasteiger partial charge in [-0.1, -0.05) is 36.4 Å². The van der Waals surface area contributed by atoms with Gasteiger partial charge in [-0.3, -0.25) is 8.97 Å². The number of hydrogen-bond acceptors (Lipinski definition) is 6. The van der Waals surface area contributed by atoms with Gasteiger partial charge in [0.1, 0.15) is 34.3 Å². The summed E-state index contributed by atoms with van der Waals surface area (Å²) < 4.78 is 34.3. The van der Waals surface area contributed by atoms with E-state index in [2.05, 4.69) is 115 Å². The number of aromatic hydroxyl groups is 2. The second kappa shape index (κ2) is 13.3. The van der Waals surface area contributed by atoms with Gasteiger partial charge in [-0.05, 0) is 104 Å². The molecule has 250 valence electrons. The lowest BCUT2D eigenvalue weighted by atomic mass is 9.94. The highest BCUT2D eigenvalue weighted by Gasteiger charge is 2.43. The highest BCUT2D eigenvalue weighted by Crippen LogP contribution is 2.50. The van der Waals surface area contributed by atoms with Gasteiger partial charge in [0.2, 0.25) is 0 Å². The maximum absolute atomic E-state index is 10.0. The third-order valence-corrected chi connectivity index (χ3v) is 9.85. The molecule has 2 aliphatic rings. The van der Waals surface area contributed by atoms with Crippen LogP contribution in [0.2, 0.25) is 0 Å². The summed E-state index contributed by atoms with van der Waals surface area (Å²) >= 11 is 0. The van der Waals surface area contributed by atoms with E-state index in [4.69, 9.17) is 18.6 Å². The predicted molar refractivity (Wildman–Crippen MR) is 186 cm³/mol. The van der Waals surface area contributed by atoms with Crippen molar-refractivity contribution in [2.45, 2.75) is 33.6 Å². The number of fused-ring (bicyclic) bond motifs is 6. The molecule has 2 heterocycles. The zero-order valence-corrected chi connectivity index (χ0v) is 28.9. The summed E-state index contributed by atoms with van der Waals surface area (Å²) in [5, 5.41) is 24.6. The molecule has 0 spiro atoms. The molecule has 0 saturated carbocycles. The fraction of sp³-hybridized carbons (Fsp3) is 0.231. The lowest BCUT2D eigenvalue weighted by molar-refractivity contribution is -1.92. The van der Waals surface area contributed by atoms with Crippen molar-refractivity contribution in [1.29, 1.82) is 0 Å². The van der Waals surface area contributed by atoms with Gasteiger partial charge in [0.15, 0.2) is 0 Å². The Labute approximate surface area is 283 Å². The van der Waals surface area contributed by atoms with Crippen LogP contribution in [0.4, 0.5) is 11.4 Å². The summed E-state index contributed by atoms with van der Waals surface area (Å²) in [5.41, 5.74) is 9.27. The van der Waals surface area contributed by atoms with E-state index in [9.17, 15) is 10.2 Å². The molecule has 0 fully saturated rings. The van der Waals surface area contributed by atoms with E-state index in [1.54, 1.807) is 12.1 Å². The molecule has 2 aliphatic heterocycles. The first-order chi connectivity index (χ1) is 22.6. The number of likely N-dealkylation sites (N-methyl/N-ethyl adjacent to an activating group) is 2. The molecule has 1 atom stereocenters. The molecular weight excluding hydrogens is 628 g/mol. The fourth-order valence-corrected chi connectivity index (χ4v) is 7.68. The average Bonchev–Trinajstić information content (AvgIpc) is 3.38. The first-order valence-electron chi connectivity index (χ1n) is 15.9. The smallest absolute Gasteiger partial charge is 0.146 e. The molecule has 8 nitrogen and oxygen atoms in total. The van der Waals surface area contributed by atoms with E-state index in [0.717, 1.165) is 32.8 Å². The van der Waals surface area contributed by atoms with Crippen molar-refractivity contribution >= 4 is 38.5 Å². The summed E-state index contributed by atoms with van der Waals surface area (Å²) in [7, 11) is -0.194. The number of halogens is 1. The van der Waals surface area contributed by atoms with Gasteiger partial charge < -0.3 is 10.2 Å². The summed E-state index contributed by atoms with van der Waals surface area (Å²) in [6.45, 7) is 11.0. The van der Waals surface area contributed by atoms with E-state index in [0.29, 0.717) is 11.5 Å². The van der Waals surface area contributed by atoms with Gasteiger partial charge in [0.05, 0.1) is 53.6 Å². The summed E-state index contributed by atoms with van der Waals surface area (Å²) in [4.78, 5) is 0. The van der Waals surface area contributed by atoms with Crippen LogP contribution in [0, 0.1) is 10.2 Å². The number of hydrogen-bond donors (Lipinski definition) is 3. The Morgan fingerprint density at radius 1 is 0.750 bits per heavy atom. The number of nitrogens with zero attached hydrogens (tertiary/aromatic N) is 2. The predicted octanol–water partition coefficient (Wildman–Crippen LogP) is 5.31. The maximum Gasteiger partial charge on any atom is 0.146 e. The van der Waals surface area contributed by atoms with Crippen LogP contribution in [0.5, 0.6) is 11.5 Å². The van der Waals surface area contributed by atoms with Crippen molar-refractivity contribution in [2.24, 2.45) is 0 Å². The Bertz CT molecular complexity index is 2020. The average molecular weight is 671 g/mol. The van der Waals surface area contributed by atoms with Crippen LogP contribution < -0.4 is 22.9 Å². The number of rotatable bonds is 6. The Morgan fingerprint density at radius 2 is 1.27 bits per heavy atom. The molecule has 0 aliphatic carbocycles. The van der Waals surface area contributed by atoms with E-state index < -0.39 is 10.2 Å². The fourth-order valence-electron chi connectivity index (χ4n) is 7.68. The molecule has 6 rings (SSSR count). The second-order valence-electron chi connectivity index (χ2n) is 12.7. The topological polar surface area (TPSA) is 130 Å². The Morgan fingerprint density at radius 3 is 1.88 bits per heavy atom. The molecule has 0 amide bonds. The SMILES string of the molecule is CC[N+]1(CC)C(C=CC=CC=CC=C2C(C)c3c(ccc4cc(O)ccc34)[N+]2(C)C)=C(C)c2c1ccc1cc(O)ccc21.[O-][Cl+3]([O-])([O-])O. The minimum atomic E-state index is -4.69. The lowest BCUT2D eigenvalue weighted by Gasteiger charge is -2.34. The maximum atomic E-state index is 10.0. The Balaban J connectivity index is 0.000000840. The monoisotopic (exact) mass is 670 g/mol. The van der Waals surface area contributed by atoms with E-state index in [-0.39, 0.29) is 5.92 Å². The third kappa shape index (κ3) is 6.44. The highest BCUT2D eigenvalue weighted by molar-refractivity contribution is 6.03. The van der Waals surface area contributed by atoms with Crippen LogP contribution in [0.3, 0.4) is 0 Å². The van der Waals surface area contributed by atoms with Gasteiger partial charge in [-0.15, -0.1) is 0 Å². The van der Waals surface area contributed by atoms with Crippen molar-refractivity contribution in [3.8, 4) is 11.5 Å². The van der Waals surface area contributed by atoms with Gasteiger partial charge in [-0.2, -0.15) is 14.0 Å². The van der Waals surface area contributed by atoms with E-state index in [1.165, 1.54) is 50.2 Å². The Hall–Kier alpha value is -4.25. The quantitative estimate of drug-likeness (QED) is 0.188. The normalized spacial score (nSPS) is 19.2. The van der Waals surface area contributed by atoms with Crippen LogP contribution in [0.25, 0.3) is 27.1 Å². The van der Waals surface area contributed by atoms with Gasteiger partial charge in [0.25, 0.3) is 0 Å². The second-order valence-corrected chi connectivity index (χ2v) is 13.5. The molecule has 0 bridgehead atoms. The van der Waals surface area contributed by atoms with Crippen LogP contribution in [0.15, 0.2) is 115 Å². The number of phenols is 2. The third-order valence-electron chi connectivity index (χ3n) is 9.85.